The van der Waals surface area contributed by atoms with Gasteiger partial charge in [-0.2, -0.15) is 0 Å². The molecule has 1 aromatic heterocycles. The Morgan fingerprint density at radius 1 is 1.46 bits per heavy atom. The fourth-order valence-corrected chi connectivity index (χ4v) is 4.13. The minimum absolute atomic E-state index is 0.271. The average molecular weight is 350 g/mol. The van der Waals surface area contributed by atoms with Gasteiger partial charge in [0.05, 0.1) is 0 Å². The van der Waals surface area contributed by atoms with Crippen LogP contribution in [0.4, 0.5) is 9.93 Å². The monoisotopic (exact) mass is 350 g/mol. The Morgan fingerprint density at radius 3 is 2.75 bits per heavy atom. The number of urea groups is 1. The van der Waals surface area contributed by atoms with Crippen LogP contribution in [0.3, 0.4) is 0 Å². The summed E-state index contributed by atoms with van der Waals surface area (Å²) in [6.45, 7) is 3.76. The van der Waals surface area contributed by atoms with Crippen LogP contribution in [-0.2, 0) is 9.59 Å². The molecule has 3 rings (SSSR count). The minimum Gasteiger partial charge on any atom is -0.323 e. The first-order valence-electron chi connectivity index (χ1n) is 8.30. The molecule has 1 aliphatic heterocycles. The Kier molecular flexibility index (Phi) is 4.58. The van der Waals surface area contributed by atoms with Crippen molar-refractivity contribution < 1.29 is 14.4 Å². The van der Waals surface area contributed by atoms with Gasteiger partial charge in [-0.05, 0) is 38.5 Å². The number of aryl methyl sites for hydroxylation is 1. The highest BCUT2D eigenvalue weighted by Crippen LogP contribution is 2.37. The Balaban J connectivity index is 1.63. The molecule has 1 aromatic rings. The van der Waals surface area contributed by atoms with Gasteiger partial charge in [0.1, 0.15) is 12.1 Å². The van der Waals surface area contributed by atoms with Crippen molar-refractivity contribution in [3.05, 3.63) is 11.1 Å². The second-order valence-corrected chi connectivity index (χ2v) is 7.81. The molecule has 1 spiro atoms. The van der Waals surface area contributed by atoms with Gasteiger partial charge in [-0.1, -0.05) is 13.3 Å². The molecule has 0 unspecified atom stereocenters. The second kappa shape index (κ2) is 6.51. The summed E-state index contributed by atoms with van der Waals surface area (Å²) in [4.78, 5) is 43.1. The maximum Gasteiger partial charge on any atom is 0.325 e. The Morgan fingerprint density at radius 2 is 2.17 bits per heavy atom. The molecule has 0 aromatic carbocycles. The lowest BCUT2D eigenvalue weighted by Crippen LogP contribution is -2.49. The molecule has 2 heterocycles. The number of thiazole rings is 1. The normalized spacial score (nSPS) is 26.8. The molecular weight excluding hydrogens is 328 g/mol. The summed E-state index contributed by atoms with van der Waals surface area (Å²) in [5.41, 5.74) is -0.805. The van der Waals surface area contributed by atoms with E-state index in [1.165, 1.54) is 11.3 Å². The summed E-state index contributed by atoms with van der Waals surface area (Å²) in [5, 5.41) is 5.94. The van der Waals surface area contributed by atoms with E-state index in [1.54, 1.807) is 6.20 Å². The summed E-state index contributed by atoms with van der Waals surface area (Å²) in [6.07, 6.45) is 5.92. The fraction of sp³-hybridized carbons (Fsp3) is 0.625. The van der Waals surface area contributed by atoms with E-state index in [9.17, 15) is 14.4 Å². The van der Waals surface area contributed by atoms with Gasteiger partial charge >= 0.3 is 6.03 Å². The number of imide groups is 1. The predicted octanol–water partition coefficient (Wildman–Crippen LogP) is 2.28. The van der Waals surface area contributed by atoms with E-state index >= 15 is 0 Å². The molecule has 0 radical (unpaired) electrons. The van der Waals surface area contributed by atoms with Crippen molar-refractivity contribution in [2.45, 2.75) is 51.5 Å². The van der Waals surface area contributed by atoms with Crippen molar-refractivity contribution >= 4 is 34.3 Å². The smallest absolute Gasteiger partial charge is 0.323 e. The molecule has 7 nitrogen and oxygen atoms in total. The molecule has 0 bridgehead atoms. The van der Waals surface area contributed by atoms with Crippen LogP contribution in [0.15, 0.2) is 6.20 Å². The SMILES string of the molecule is CCC1CCC2(CC1)NC(=O)N(CC(=O)Nc1ncc(C)s1)C2=O. The van der Waals surface area contributed by atoms with Crippen molar-refractivity contribution in [1.29, 1.82) is 0 Å². The minimum atomic E-state index is -0.805. The largest absolute Gasteiger partial charge is 0.325 e. The lowest BCUT2D eigenvalue weighted by molar-refractivity contribution is -0.135. The van der Waals surface area contributed by atoms with Gasteiger partial charge in [0.2, 0.25) is 5.91 Å². The molecule has 1 saturated carbocycles. The van der Waals surface area contributed by atoms with Gasteiger partial charge in [0, 0.05) is 11.1 Å². The number of carbonyl (C=O) groups excluding carboxylic acids is 3. The fourth-order valence-electron chi connectivity index (χ4n) is 3.45. The number of nitrogens with zero attached hydrogens (tertiary/aromatic N) is 2. The highest BCUT2D eigenvalue weighted by atomic mass is 32.1. The number of rotatable bonds is 4. The number of amides is 4. The maximum atomic E-state index is 12.7. The zero-order chi connectivity index (χ0) is 17.3. The van der Waals surface area contributed by atoms with E-state index in [0.29, 0.717) is 23.9 Å². The first kappa shape index (κ1) is 16.9. The second-order valence-electron chi connectivity index (χ2n) is 6.58. The Hall–Kier alpha value is -1.96. The number of hydrogen-bond acceptors (Lipinski definition) is 5. The van der Waals surface area contributed by atoms with Crippen LogP contribution in [-0.4, -0.2) is 39.8 Å². The molecule has 24 heavy (non-hydrogen) atoms. The number of anilines is 1. The molecule has 8 heteroatoms. The standard InChI is InChI=1S/C16H22N4O3S/c1-3-11-4-6-16(7-5-11)13(22)20(15(23)19-16)9-12(21)18-14-17-8-10(2)24-14/h8,11H,3-7,9H2,1-2H3,(H,19,23)(H,17,18,21). The first-order valence-corrected chi connectivity index (χ1v) is 9.11. The van der Waals surface area contributed by atoms with E-state index < -0.39 is 17.5 Å². The van der Waals surface area contributed by atoms with Gasteiger partial charge in [-0.25, -0.2) is 9.78 Å². The van der Waals surface area contributed by atoms with Crippen molar-refractivity contribution in [2.24, 2.45) is 5.92 Å². The first-order chi connectivity index (χ1) is 11.4. The molecule has 4 amide bonds. The highest BCUT2D eigenvalue weighted by Gasteiger charge is 2.52. The Labute approximate surface area is 144 Å². The van der Waals surface area contributed by atoms with Crippen molar-refractivity contribution in [3.8, 4) is 0 Å². The van der Waals surface area contributed by atoms with Crippen LogP contribution in [0.2, 0.25) is 0 Å². The van der Waals surface area contributed by atoms with Crippen molar-refractivity contribution in [2.75, 3.05) is 11.9 Å². The third-order valence-corrected chi connectivity index (χ3v) is 5.78. The molecule has 2 N–H and O–H groups in total. The van der Waals surface area contributed by atoms with E-state index in [-0.39, 0.29) is 12.5 Å². The van der Waals surface area contributed by atoms with Gasteiger partial charge in [-0.3, -0.25) is 14.5 Å². The van der Waals surface area contributed by atoms with Crippen LogP contribution in [0.1, 0.15) is 43.9 Å². The molecule has 2 fully saturated rings. The van der Waals surface area contributed by atoms with Crippen molar-refractivity contribution in [1.82, 2.24) is 15.2 Å². The van der Waals surface area contributed by atoms with E-state index in [2.05, 4.69) is 22.5 Å². The van der Waals surface area contributed by atoms with E-state index in [0.717, 1.165) is 29.0 Å². The lowest BCUT2D eigenvalue weighted by atomic mass is 9.75. The van der Waals surface area contributed by atoms with E-state index in [4.69, 9.17) is 0 Å². The molecule has 1 saturated heterocycles. The van der Waals surface area contributed by atoms with Gasteiger partial charge in [0.25, 0.3) is 5.91 Å². The molecule has 2 aliphatic rings. The molecule has 1 aliphatic carbocycles. The summed E-state index contributed by atoms with van der Waals surface area (Å²) in [7, 11) is 0. The predicted molar refractivity (Wildman–Crippen MR) is 90.7 cm³/mol. The van der Waals surface area contributed by atoms with Gasteiger partial charge in [-0.15, -0.1) is 11.3 Å². The number of aromatic nitrogens is 1. The summed E-state index contributed by atoms with van der Waals surface area (Å²) in [6, 6.07) is -0.472. The van der Waals surface area contributed by atoms with Crippen LogP contribution < -0.4 is 10.6 Å². The van der Waals surface area contributed by atoms with Crippen LogP contribution in [0.5, 0.6) is 0 Å². The van der Waals surface area contributed by atoms with Crippen molar-refractivity contribution in [3.63, 3.8) is 0 Å². The zero-order valence-corrected chi connectivity index (χ0v) is 14.7. The Bertz CT molecular complexity index is 664. The summed E-state index contributed by atoms with van der Waals surface area (Å²) < 4.78 is 0. The highest BCUT2D eigenvalue weighted by molar-refractivity contribution is 7.15. The molecule has 0 atom stereocenters. The quantitative estimate of drug-likeness (QED) is 0.815. The third-order valence-electron chi connectivity index (χ3n) is 4.95. The average Bonchev–Trinajstić information content (AvgIpc) is 3.05. The zero-order valence-electron chi connectivity index (χ0n) is 13.9. The number of nitrogens with one attached hydrogen (secondary N) is 2. The van der Waals surface area contributed by atoms with Crippen LogP contribution >= 0.6 is 11.3 Å². The number of carbonyl (C=O) groups is 3. The third kappa shape index (κ3) is 3.15. The summed E-state index contributed by atoms with van der Waals surface area (Å²) >= 11 is 1.35. The number of hydrogen-bond donors (Lipinski definition) is 2. The van der Waals surface area contributed by atoms with Crippen LogP contribution in [0.25, 0.3) is 0 Å². The summed E-state index contributed by atoms with van der Waals surface area (Å²) in [5.74, 6) is -0.0644. The van der Waals surface area contributed by atoms with E-state index in [1.807, 2.05) is 6.92 Å². The van der Waals surface area contributed by atoms with Gasteiger partial charge in [0.15, 0.2) is 5.13 Å². The topological polar surface area (TPSA) is 91.4 Å². The molecular formula is C16H22N4O3S. The van der Waals surface area contributed by atoms with Gasteiger partial charge < -0.3 is 10.6 Å². The molecule has 130 valence electrons. The maximum absolute atomic E-state index is 12.7. The lowest BCUT2D eigenvalue weighted by Gasteiger charge is -2.34. The van der Waals surface area contributed by atoms with Crippen LogP contribution in [0, 0.1) is 12.8 Å².